The van der Waals surface area contributed by atoms with Gasteiger partial charge < -0.3 is 18.9 Å². The van der Waals surface area contributed by atoms with Crippen molar-refractivity contribution in [1.29, 1.82) is 0 Å². The van der Waals surface area contributed by atoms with E-state index in [0.29, 0.717) is 0 Å². The first-order chi connectivity index (χ1) is 10.8. The fraction of sp³-hybridized carbons (Fsp3) is 0.706. The van der Waals surface area contributed by atoms with Crippen LogP contribution in [-0.4, -0.2) is 49.6 Å². The molecule has 1 aromatic heterocycles. The minimum Gasteiger partial charge on any atom is -0.399 e. The largest absolute Gasteiger partial charge is 0.496 e. The second-order valence-electron chi connectivity index (χ2n) is 7.29. The van der Waals surface area contributed by atoms with Gasteiger partial charge in [-0.1, -0.05) is 13.0 Å². The van der Waals surface area contributed by atoms with Crippen LogP contribution in [0.4, 0.5) is 5.82 Å². The van der Waals surface area contributed by atoms with Gasteiger partial charge in [0, 0.05) is 24.7 Å². The van der Waals surface area contributed by atoms with E-state index >= 15 is 0 Å². The van der Waals surface area contributed by atoms with E-state index in [2.05, 4.69) is 45.6 Å². The van der Waals surface area contributed by atoms with Gasteiger partial charge in [0.15, 0.2) is 0 Å². The normalized spacial score (nSPS) is 23.3. The van der Waals surface area contributed by atoms with Gasteiger partial charge in [-0.15, -0.1) is 0 Å². The Labute approximate surface area is 139 Å². The Morgan fingerprint density at radius 1 is 1.13 bits per heavy atom. The van der Waals surface area contributed by atoms with Crippen LogP contribution in [0.1, 0.15) is 40.2 Å². The third-order valence-corrected chi connectivity index (χ3v) is 5.18. The van der Waals surface area contributed by atoms with Crippen LogP contribution in [0.3, 0.4) is 0 Å². The molecule has 6 heteroatoms. The number of rotatable bonds is 3. The second-order valence-corrected chi connectivity index (χ2v) is 7.29. The van der Waals surface area contributed by atoms with E-state index in [1.54, 1.807) is 0 Å². The molecule has 3 rings (SSSR count). The van der Waals surface area contributed by atoms with Gasteiger partial charge in [-0.05, 0) is 39.7 Å². The van der Waals surface area contributed by atoms with E-state index in [-0.39, 0.29) is 18.3 Å². The number of hydrogen-bond acceptors (Lipinski definition) is 5. The molecule has 3 heterocycles. The van der Waals surface area contributed by atoms with Crippen molar-refractivity contribution in [2.75, 3.05) is 31.2 Å². The Bertz CT molecular complexity index is 555. The molecular weight excluding hydrogens is 291 g/mol. The van der Waals surface area contributed by atoms with Crippen molar-refractivity contribution in [2.24, 2.45) is 0 Å². The molecule has 0 aliphatic carbocycles. The van der Waals surface area contributed by atoms with Crippen LogP contribution in [0.2, 0.25) is 0 Å². The van der Waals surface area contributed by atoms with Crippen molar-refractivity contribution in [1.82, 2.24) is 4.98 Å². The van der Waals surface area contributed by atoms with Crippen LogP contribution < -0.4 is 10.4 Å². The van der Waals surface area contributed by atoms with Gasteiger partial charge in [0.2, 0.25) is 0 Å². The van der Waals surface area contributed by atoms with Gasteiger partial charge >= 0.3 is 7.12 Å². The van der Waals surface area contributed by atoms with Crippen LogP contribution in [0.5, 0.6) is 0 Å². The average Bonchev–Trinajstić information content (AvgIpc) is 2.75. The summed E-state index contributed by atoms with van der Waals surface area (Å²) in [5.41, 5.74) is 1.58. The maximum Gasteiger partial charge on any atom is 0.496 e. The quantitative estimate of drug-likeness (QED) is 0.795. The van der Waals surface area contributed by atoms with Crippen molar-refractivity contribution in [3.8, 4) is 0 Å². The highest BCUT2D eigenvalue weighted by molar-refractivity contribution is 6.62. The Kier molecular flexibility index (Phi) is 4.42. The van der Waals surface area contributed by atoms with E-state index in [4.69, 9.17) is 19.0 Å². The number of pyridine rings is 1. The van der Waals surface area contributed by atoms with Crippen molar-refractivity contribution < 1.29 is 14.0 Å². The lowest BCUT2D eigenvalue weighted by Gasteiger charge is -2.32. The van der Waals surface area contributed by atoms with Gasteiger partial charge in [0.1, 0.15) is 5.82 Å². The van der Waals surface area contributed by atoms with E-state index < -0.39 is 0 Å². The fourth-order valence-electron chi connectivity index (χ4n) is 2.95. The summed E-state index contributed by atoms with van der Waals surface area (Å²) in [7, 11) is -0.350. The summed E-state index contributed by atoms with van der Waals surface area (Å²) in [4.78, 5) is 7.03. The Morgan fingerprint density at radius 2 is 1.74 bits per heavy atom. The maximum atomic E-state index is 6.14. The molecule has 0 atom stereocenters. The van der Waals surface area contributed by atoms with Crippen LogP contribution in [0.15, 0.2) is 12.3 Å². The van der Waals surface area contributed by atoms with Gasteiger partial charge in [-0.2, -0.15) is 0 Å². The van der Waals surface area contributed by atoms with Gasteiger partial charge in [0.05, 0.1) is 24.4 Å². The van der Waals surface area contributed by atoms with E-state index in [1.807, 2.05) is 6.20 Å². The molecule has 0 unspecified atom stereocenters. The lowest BCUT2D eigenvalue weighted by atomic mass is 9.79. The van der Waals surface area contributed by atoms with Gasteiger partial charge in [-0.3, -0.25) is 0 Å². The third-order valence-electron chi connectivity index (χ3n) is 5.18. The summed E-state index contributed by atoms with van der Waals surface area (Å²) in [5, 5.41) is 0. The van der Waals surface area contributed by atoms with Crippen molar-refractivity contribution in [3.63, 3.8) is 0 Å². The highest BCUT2D eigenvalue weighted by Gasteiger charge is 2.51. The summed E-state index contributed by atoms with van der Waals surface area (Å²) >= 11 is 0. The first-order valence-corrected chi connectivity index (χ1v) is 8.51. The van der Waals surface area contributed by atoms with Crippen LogP contribution in [-0.2, 0) is 20.5 Å². The molecule has 2 aliphatic rings. The molecule has 0 N–H and O–H groups in total. The molecule has 0 spiro atoms. The smallest absolute Gasteiger partial charge is 0.399 e. The molecule has 2 fully saturated rings. The summed E-state index contributed by atoms with van der Waals surface area (Å²) in [5.74, 6) is 1.07. The number of aromatic nitrogens is 1. The van der Waals surface area contributed by atoms with Crippen LogP contribution in [0, 0.1) is 0 Å². The SMILES string of the molecule is CCc1cc(B2OC(C)(C)C(C)(C)O2)cnc1N1CCOCC1. The maximum absolute atomic E-state index is 6.14. The zero-order valence-corrected chi connectivity index (χ0v) is 14.9. The lowest BCUT2D eigenvalue weighted by molar-refractivity contribution is 0.00578. The monoisotopic (exact) mass is 318 g/mol. The Balaban J connectivity index is 1.85. The fourth-order valence-corrected chi connectivity index (χ4v) is 2.95. The van der Waals surface area contributed by atoms with Gasteiger partial charge in [-0.25, -0.2) is 4.98 Å². The highest BCUT2D eigenvalue weighted by Crippen LogP contribution is 2.36. The van der Waals surface area contributed by atoms with Crippen molar-refractivity contribution in [2.45, 2.75) is 52.2 Å². The van der Waals surface area contributed by atoms with Crippen molar-refractivity contribution in [3.05, 3.63) is 17.8 Å². The topological polar surface area (TPSA) is 43.8 Å². The number of nitrogens with zero attached hydrogens (tertiary/aromatic N) is 2. The summed E-state index contributed by atoms with van der Waals surface area (Å²) in [6, 6.07) is 2.18. The molecule has 1 aromatic rings. The molecule has 2 saturated heterocycles. The van der Waals surface area contributed by atoms with Crippen LogP contribution in [0.25, 0.3) is 0 Å². The number of hydrogen-bond donors (Lipinski definition) is 0. The Hall–Kier alpha value is -1.11. The zero-order chi connectivity index (χ0) is 16.7. The molecule has 0 aromatic carbocycles. The minimum atomic E-state index is -0.350. The van der Waals surface area contributed by atoms with Crippen LogP contribution >= 0.6 is 0 Å². The molecular formula is C17H27BN2O3. The number of aryl methyl sites for hydroxylation is 1. The molecule has 0 bridgehead atoms. The predicted molar refractivity (Wildman–Crippen MR) is 92.4 cm³/mol. The molecule has 126 valence electrons. The highest BCUT2D eigenvalue weighted by atomic mass is 16.7. The molecule has 5 nitrogen and oxygen atoms in total. The zero-order valence-electron chi connectivity index (χ0n) is 14.9. The van der Waals surface area contributed by atoms with Crippen molar-refractivity contribution >= 4 is 18.4 Å². The molecule has 0 saturated carbocycles. The minimum absolute atomic E-state index is 0.326. The van der Waals surface area contributed by atoms with E-state index in [0.717, 1.165) is 44.0 Å². The average molecular weight is 318 g/mol. The first kappa shape index (κ1) is 16.7. The molecule has 0 radical (unpaired) electrons. The standard InChI is InChI=1S/C17H27BN2O3/c1-6-13-11-14(18-22-16(2,3)17(4,5)23-18)12-19-15(13)20-7-9-21-10-8-20/h11-12H,6-10H2,1-5H3. The van der Waals surface area contributed by atoms with E-state index in [9.17, 15) is 0 Å². The summed E-state index contributed by atoms with van der Waals surface area (Å²) in [6.45, 7) is 13.8. The first-order valence-electron chi connectivity index (χ1n) is 8.51. The molecule has 2 aliphatic heterocycles. The number of morpholine rings is 1. The summed E-state index contributed by atoms with van der Waals surface area (Å²) in [6.07, 6.45) is 2.83. The molecule has 23 heavy (non-hydrogen) atoms. The number of anilines is 1. The molecule has 0 amide bonds. The second kappa shape index (κ2) is 6.08. The Morgan fingerprint density at radius 3 is 2.30 bits per heavy atom. The third kappa shape index (κ3) is 3.12. The summed E-state index contributed by atoms with van der Waals surface area (Å²) < 4.78 is 17.7. The lowest BCUT2D eigenvalue weighted by Crippen LogP contribution is -2.41. The van der Waals surface area contributed by atoms with E-state index in [1.165, 1.54) is 5.56 Å². The number of ether oxygens (including phenoxy) is 1. The van der Waals surface area contributed by atoms with Gasteiger partial charge in [0.25, 0.3) is 0 Å². The predicted octanol–water partition coefficient (Wildman–Crippen LogP) is 1.78.